The van der Waals surface area contributed by atoms with Crippen molar-refractivity contribution < 1.29 is 0 Å². The molecule has 1 unspecified atom stereocenters. The molecule has 1 aromatic rings. The molecule has 2 N–H and O–H groups in total. The Morgan fingerprint density at radius 1 is 1.47 bits per heavy atom. The second kappa shape index (κ2) is 4.16. The Bertz CT molecular complexity index is 413. The van der Waals surface area contributed by atoms with E-state index in [-0.39, 0.29) is 6.04 Å². The maximum absolute atomic E-state index is 6.32. The van der Waals surface area contributed by atoms with E-state index in [1.165, 1.54) is 17.0 Å². The highest BCUT2D eigenvalue weighted by Crippen LogP contribution is 2.41. The molecule has 96 valence electrons. The molecule has 0 aliphatic heterocycles. The Morgan fingerprint density at radius 2 is 2.12 bits per heavy atom. The molecule has 0 amide bonds. The van der Waals surface area contributed by atoms with Crippen LogP contribution in [0.2, 0.25) is 0 Å². The normalized spacial score (nSPS) is 22.9. The molecular weight excluding hydrogens is 208 g/mol. The highest BCUT2D eigenvalue weighted by Gasteiger charge is 2.33. The second-order valence-corrected chi connectivity index (χ2v) is 6.84. The quantitative estimate of drug-likeness (QED) is 0.835. The maximum Gasteiger partial charge on any atom is 0.0318 e. The van der Waals surface area contributed by atoms with Crippen LogP contribution in [0, 0.1) is 18.3 Å². The average Bonchev–Trinajstić information content (AvgIpc) is 2.43. The molecule has 2 rings (SSSR count). The number of aromatic nitrogens is 1. The molecule has 0 radical (unpaired) electrons. The van der Waals surface area contributed by atoms with Crippen LogP contribution < -0.4 is 5.73 Å². The summed E-state index contributed by atoms with van der Waals surface area (Å²) in [5.41, 5.74) is 10.9. The van der Waals surface area contributed by atoms with Gasteiger partial charge in [-0.1, -0.05) is 27.7 Å². The van der Waals surface area contributed by atoms with Gasteiger partial charge in [-0.2, -0.15) is 0 Å². The van der Waals surface area contributed by atoms with Crippen LogP contribution >= 0.6 is 0 Å². The van der Waals surface area contributed by atoms with E-state index in [1.807, 2.05) is 0 Å². The van der Waals surface area contributed by atoms with Crippen molar-refractivity contribution in [2.75, 3.05) is 0 Å². The largest absolute Gasteiger partial charge is 0.348 e. The van der Waals surface area contributed by atoms with Crippen LogP contribution in [-0.2, 0) is 13.0 Å². The van der Waals surface area contributed by atoms with Crippen LogP contribution in [0.5, 0.6) is 0 Å². The summed E-state index contributed by atoms with van der Waals surface area (Å²) >= 11 is 0. The zero-order valence-corrected chi connectivity index (χ0v) is 11.9. The van der Waals surface area contributed by atoms with Crippen LogP contribution in [0.3, 0.4) is 0 Å². The molecule has 0 aromatic carbocycles. The van der Waals surface area contributed by atoms with Crippen molar-refractivity contribution in [1.29, 1.82) is 0 Å². The molecule has 0 fully saturated rings. The predicted molar refractivity (Wildman–Crippen MR) is 73.0 cm³/mol. The lowest BCUT2D eigenvalue weighted by Gasteiger charge is -2.34. The van der Waals surface area contributed by atoms with Crippen LogP contribution in [0.1, 0.15) is 57.1 Å². The topological polar surface area (TPSA) is 30.9 Å². The minimum Gasteiger partial charge on any atom is -0.348 e. The minimum atomic E-state index is 0.223. The summed E-state index contributed by atoms with van der Waals surface area (Å²) in [5.74, 6) is 0.687. The highest BCUT2D eigenvalue weighted by atomic mass is 15.0. The van der Waals surface area contributed by atoms with Gasteiger partial charge < -0.3 is 10.3 Å². The SMILES string of the molecule is Cc1cc2c(n1CC(C)C)CC(C)(C)CC2N. The third-order valence-corrected chi connectivity index (χ3v) is 3.81. The number of hydrogen-bond donors (Lipinski definition) is 1. The van der Waals surface area contributed by atoms with Gasteiger partial charge in [0.15, 0.2) is 0 Å². The lowest BCUT2D eigenvalue weighted by atomic mass is 9.74. The fourth-order valence-corrected chi connectivity index (χ4v) is 3.12. The minimum absolute atomic E-state index is 0.223. The maximum atomic E-state index is 6.32. The smallest absolute Gasteiger partial charge is 0.0318 e. The van der Waals surface area contributed by atoms with Crippen molar-refractivity contribution in [3.63, 3.8) is 0 Å². The number of nitrogens with zero attached hydrogens (tertiary/aromatic N) is 1. The van der Waals surface area contributed by atoms with Gasteiger partial charge in [0.2, 0.25) is 0 Å². The van der Waals surface area contributed by atoms with Gasteiger partial charge in [0, 0.05) is 24.0 Å². The third-order valence-electron chi connectivity index (χ3n) is 3.81. The molecule has 1 aliphatic carbocycles. The molecule has 2 nitrogen and oxygen atoms in total. The van der Waals surface area contributed by atoms with Crippen LogP contribution in [0.4, 0.5) is 0 Å². The lowest BCUT2D eigenvalue weighted by Crippen LogP contribution is -2.30. The van der Waals surface area contributed by atoms with Gasteiger partial charge in [-0.15, -0.1) is 0 Å². The van der Waals surface area contributed by atoms with Crippen molar-refractivity contribution in [2.45, 2.75) is 60.0 Å². The van der Waals surface area contributed by atoms with Crippen LogP contribution in [0.15, 0.2) is 6.07 Å². The number of fused-ring (bicyclic) bond motifs is 1. The monoisotopic (exact) mass is 234 g/mol. The van der Waals surface area contributed by atoms with Gasteiger partial charge in [0.25, 0.3) is 0 Å². The number of rotatable bonds is 2. The van der Waals surface area contributed by atoms with Gasteiger partial charge in [-0.3, -0.25) is 0 Å². The Morgan fingerprint density at radius 3 is 2.71 bits per heavy atom. The first kappa shape index (κ1) is 12.7. The van der Waals surface area contributed by atoms with E-state index in [4.69, 9.17) is 5.73 Å². The highest BCUT2D eigenvalue weighted by molar-refractivity contribution is 5.34. The zero-order chi connectivity index (χ0) is 12.8. The van der Waals surface area contributed by atoms with Gasteiger partial charge in [0.05, 0.1) is 0 Å². The number of nitrogens with two attached hydrogens (primary N) is 1. The molecule has 1 aromatic heterocycles. The van der Waals surface area contributed by atoms with Crippen molar-refractivity contribution in [2.24, 2.45) is 17.1 Å². The molecule has 0 saturated carbocycles. The second-order valence-electron chi connectivity index (χ2n) is 6.84. The molecule has 0 spiro atoms. The van der Waals surface area contributed by atoms with E-state index in [9.17, 15) is 0 Å². The van der Waals surface area contributed by atoms with E-state index in [0.717, 1.165) is 19.4 Å². The fraction of sp³-hybridized carbons (Fsp3) is 0.733. The first-order valence-corrected chi connectivity index (χ1v) is 6.74. The summed E-state index contributed by atoms with van der Waals surface area (Å²) in [6, 6.07) is 2.53. The predicted octanol–water partition coefficient (Wildman–Crippen LogP) is 3.42. The molecule has 17 heavy (non-hydrogen) atoms. The van der Waals surface area contributed by atoms with Crippen molar-refractivity contribution in [3.05, 3.63) is 23.0 Å². The molecule has 1 aliphatic rings. The zero-order valence-electron chi connectivity index (χ0n) is 11.9. The Hall–Kier alpha value is -0.760. The Labute approximate surface area is 105 Å². The summed E-state index contributed by atoms with van der Waals surface area (Å²) in [7, 11) is 0. The van der Waals surface area contributed by atoms with Gasteiger partial charge in [0.1, 0.15) is 0 Å². The molecule has 1 atom stereocenters. The average molecular weight is 234 g/mol. The van der Waals surface area contributed by atoms with Crippen molar-refractivity contribution >= 4 is 0 Å². The molecular formula is C15H26N2. The van der Waals surface area contributed by atoms with Crippen molar-refractivity contribution in [1.82, 2.24) is 4.57 Å². The standard InChI is InChI=1S/C15H26N2/c1-10(2)9-17-11(3)6-12-13(16)7-15(4,5)8-14(12)17/h6,10,13H,7-9,16H2,1-5H3. The molecule has 0 saturated heterocycles. The number of hydrogen-bond acceptors (Lipinski definition) is 1. The summed E-state index contributed by atoms with van der Waals surface area (Å²) < 4.78 is 2.49. The van der Waals surface area contributed by atoms with Gasteiger partial charge >= 0.3 is 0 Å². The molecule has 0 bridgehead atoms. The van der Waals surface area contributed by atoms with Crippen LogP contribution in [0.25, 0.3) is 0 Å². The Balaban J connectivity index is 2.43. The van der Waals surface area contributed by atoms with E-state index in [2.05, 4.69) is 45.3 Å². The fourth-order valence-electron chi connectivity index (χ4n) is 3.12. The third kappa shape index (κ3) is 2.42. The summed E-state index contributed by atoms with van der Waals surface area (Å²) in [6.07, 6.45) is 2.27. The molecule has 1 heterocycles. The number of aryl methyl sites for hydroxylation is 1. The van der Waals surface area contributed by atoms with Crippen LogP contribution in [-0.4, -0.2) is 4.57 Å². The van der Waals surface area contributed by atoms with E-state index in [0.29, 0.717) is 11.3 Å². The summed E-state index contributed by atoms with van der Waals surface area (Å²) in [6.45, 7) is 12.5. The van der Waals surface area contributed by atoms with E-state index in [1.54, 1.807) is 0 Å². The lowest BCUT2D eigenvalue weighted by molar-refractivity contribution is 0.273. The summed E-state index contributed by atoms with van der Waals surface area (Å²) in [5, 5.41) is 0. The van der Waals surface area contributed by atoms with Gasteiger partial charge in [-0.05, 0) is 42.7 Å². The Kier molecular flexibility index (Phi) is 3.11. The summed E-state index contributed by atoms with van der Waals surface area (Å²) in [4.78, 5) is 0. The van der Waals surface area contributed by atoms with Crippen molar-refractivity contribution in [3.8, 4) is 0 Å². The van der Waals surface area contributed by atoms with E-state index < -0.39 is 0 Å². The van der Waals surface area contributed by atoms with E-state index >= 15 is 0 Å². The first-order valence-electron chi connectivity index (χ1n) is 6.74. The van der Waals surface area contributed by atoms with Gasteiger partial charge in [-0.25, -0.2) is 0 Å². The molecule has 2 heteroatoms. The first-order chi connectivity index (χ1) is 7.80.